The fraction of sp³-hybridized carbons (Fsp3) is 0.161. The van der Waals surface area contributed by atoms with Crippen LogP contribution in [0.15, 0.2) is 96.6 Å². The van der Waals surface area contributed by atoms with Crippen LogP contribution in [-0.2, 0) is 9.59 Å². The molecule has 192 valence electrons. The highest BCUT2D eigenvalue weighted by Crippen LogP contribution is 2.40. The summed E-state index contributed by atoms with van der Waals surface area (Å²) in [5.74, 6) is 0.323. The van der Waals surface area contributed by atoms with E-state index < -0.39 is 17.7 Å². The summed E-state index contributed by atoms with van der Waals surface area (Å²) < 4.78 is 16.3. The van der Waals surface area contributed by atoms with Crippen LogP contribution in [0.25, 0.3) is 16.5 Å². The van der Waals surface area contributed by atoms with Gasteiger partial charge in [-0.2, -0.15) is 0 Å². The first-order chi connectivity index (χ1) is 18.5. The lowest BCUT2D eigenvalue weighted by Crippen LogP contribution is -2.33. The van der Waals surface area contributed by atoms with Gasteiger partial charge in [0.1, 0.15) is 29.6 Å². The SMILES string of the molecule is COc1ccc(OCCN2C(=O)C(=O)/C(=C(\O)c3cccc4ccccc34)C2c2ccc(OC)cc2)cc1. The zero-order valence-electron chi connectivity index (χ0n) is 21.1. The molecule has 0 saturated carbocycles. The molecule has 1 heterocycles. The van der Waals surface area contributed by atoms with Gasteiger partial charge in [-0.05, 0) is 52.7 Å². The maximum absolute atomic E-state index is 13.4. The van der Waals surface area contributed by atoms with Crippen LogP contribution < -0.4 is 14.2 Å². The van der Waals surface area contributed by atoms with E-state index in [-0.39, 0.29) is 24.5 Å². The Balaban J connectivity index is 1.53. The monoisotopic (exact) mass is 509 g/mol. The number of benzene rings is 4. The lowest BCUT2D eigenvalue weighted by atomic mass is 9.93. The molecular weight excluding hydrogens is 482 g/mol. The molecule has 0 radical (unpaired) electrons. The number of carbonyl (C=O) groups is 2. The van der Waals surface area contributed by atoms with Gasteiger partial charge in [0.15, 0.2) is 0 Å². The summed E-state index contributed by atoms with van der Waals surface area (Å²) in [6, 6.07) is 26.5. The van der Waals surface area contributed by atoms with Crippen LogP contribution in [0.1, 0.15) is 17.2 Å². The Labute approximate surface area is 220 Å². The molecule has 0 aromatic heterocycles. The zero-order valence-corrected chi connectivity index (χ0v) is 21.1. The van der Waals surface area contributed by atoms with Crippen molar-refractivity contribution in [2.75, 3.05) is 27.4 Å². The molecule has 1 atom stereocenters. The van der Waals surface area contributed by atoms with Gasteiger partial charge in [0.05, 0.1) is 32.4 Å². The molecule has 0 spiro atoms. The number of hydrogen-bond acceptors (Lipinski definition) is 6. The van der Waals surface area contributed by atoms with Gasteiger partial charge in [-0.15, -0.1) is 0 Å². The second kappa shape index (κ2) is 10.7. The molecular formula is C31H27NO6. The van der Waals surface area contributed by atoms with Crippen molar-refractivity contribution >= 4 is 28.2 Å². The highest BCUT2D eigenvalue weighted by atomic mass is 16.5. The normalized spacial score (nSPS) is 16.6. The van der Waals surface area contributed by atoms with Gasteiger partial charge >= 0.3 is 0 Å². The third-order valence-corrected chi connectivity index (χ3v) is 6.68. The van der Waals surface area contributed by atoms with E-state index in [1.165, 1.54) is 4.90 Å². The number of hydrogen-bond donors (Lipinski definition) is 1. The van der Waals surface area contributed by atoms with Gasteiger partial charge in [-0.3, -0.25) is 9.59 Å². The van der Waals surface area contributed by atoms with Gasteiger partial charge in [0.2, 0.25) is 0 Å². The number of ether oxygens (including phenoxy) is 3. The van der Waals surface area contributed by atoms with Crippen molar-refractivity contribution in [3.8, 4) is 17.2 Å². The van der Waals surface area contributed by atoms with Gasteiger partial charge in [-0.25, -0.2) is 0 Å². The Morgan fingerprint density at radius 2 is 1.39 bits per heavy atom. The molecule has 1 aliphatic rings. The number of amides is 1. The highest BCUT2D eigenvalue weighted by molar-refractivity contribution is 6.46. The van der Waals surface area contributed by atoms with E-state index in [9.17, 15) is 14.7 Å². The van der Waals surface area contributed by atoms with E-state index in [2.05, 4.69) is 0 Å². The number of fused-ring (bicyclic) bond motifs is 1. The predicted octanol–water partition coefficient (Wildman–Crippen LogP) is 5.36. The number of aliphatic hydroxyl groups is 1. The Kier molecular flexibility index (Phi) is 7.00. The molecule has 4 aromatic carbocycles. The number of carbonyl (C=O) groups excluding carboxylic acids is 2. The third kappa shape index (κ3) is 4.66. The van der Waals surface area contributed by atoms with E-state index in [0.29, 0.717) is 28.4 Å². The molecule has 38 heavy (non-hydrogen) atoms. The van der Waals surface area contributed by atoms with Crippen molar-refractivity contribution in [3.63, 3.8) is 0 Å². The Morgan fingerprint density at radius 3 is 2.08 bits per heavy atom. The number of ketones is 1. The number of rotatable bonds is 8. The fourth-order valence-electron chi connectivity index (χ4n) is 4.75. The second-order valence-corrected chi connectivity index (χ2v) is 8.82. The first-order valence-corrected chi connectivity index (χ1v) is 12.2. The lowest BCUT2D eigenvalue weighted by molar-refractivity contribution is -0.140. The maximum Gasteiger partial charge on any atom is 0.295 e. The van der Waals surface area contributed by atoms with Crippen LogP contribution in [0.3, 0.4) is 0 Å². The Bertz CT molecular complexity index is 1500. The summed E-state index contributed by atoms with van der Waals surface area (Å²) >= 11 is 0. The van der Waals surface area contributed by atoms with Crippen molar-refractivity contribution in [2.24, 2.45) is 0 Å². The first-order valence-electron chi connectivity index (χ1n) is 12.2. The van der Waals surface area contributed by atoms with Crippen molar-refractivity contribution < 1.29 is 28.9 Å². The first kappa shape index (κ1) is 24.9. The summed E-state index contributed by atoms with van der Waals surface area (Å²) in [4.78, 5) is 28.1. The number of Topliss-reactive ketones (excluding diaryl/α,β-unsaturated/α-hetero) is 1. The summed E-state index contributed by atoms with van der Waals surface area (Å²) in [6.07, 6.45) is 0. The smallest absolute Gasteiger partial charge is 0.295 e. The van der Waals surface area contributed by atoms with E-state index >= 15 is 0 Å². The maximum atomic E-state index is 13.4. The van der Waals surface area contributed by atoms with E-state index in [1.807, 2.05) is 36.4 Å². The average molecular weight is 510 g/mol. The van der Waals surface area contributed by atoms with Crippen molar-refractivity contribution in [1.29, 1.82) is 0 Å². The lowest BCUT2D eigenvalue weighted by Gasteiger charge is -2.25. The Morgan fingerprint density at radius 1 is 0.789 bits per heavy atom. The molecule has 1 amide bonds. The minimum absolute atomic E-state index is 0.0426. The van der Waals surface area contributed by atoms with Crippen LogP contribution in [0.5, 0.6) is 17.2 Å². The molecule has 1 N–H and O–H groups in total. The minimum atomic E-state index is -0.792. The van der Waals surface area contributed by atoms with Crippen LogP contribution >= 0.6 is 0 Å². The van der Waals surface area contributed by atoms with E-state index in [1.54, 1.807) is 68.8 Å². The number of nitrogens with zero attached hydrogens (tertiary/aromatic N) is 1. The van der Waals surface area contributed by atoms with Crippen LogP contribution in [0, 0.1) is 0 Å². The summed E-state index contributed by atoms with van der Waals surface area (Å²) in [7, 11) is 3.15. The number of aliphatic hydroxyl groups excluding tert-OH is 1. The molecule has 1 saturated heterocycles. The average Bonchev–Trinajstić information content (AvgIpc) is 3.22. The molecule has 7 heteroatoms. The Hall–Kier alpha value is -4.78. The fourth-order valence-corrected chi connectivity index (χ4v) is 4.75. The topological polar surface area (TPSA) is 85.3 Å². The quantitative estimate of drug-likeness (QED) is 0.196. The molecule has 1 aliphatic heterocycles. The van der Waals surface area contributed by atoms with Crippen molar-refractivity contribution in [2.45, 2.75) is 6.04 Å². The molecule has 1 unspecified atom stereocenters. The zero-order chi connectivity index (χ0) is 26.6. The minimum Gasteiger partial charge on any atom is -0.507 e. The number of methoxy groups -OCH3 is 2. The molecule has 5 rings (SSSR count). The van der Waals surface area contributed by atoms with Crippen LogP contribution in [-0.4, -0.2) is 49.1 Å². The van der Waals surface area contributed by atoms with Gasteiger partial charge in [0, 0.05) is 5.56 Å². The highest BCUT2D eigenvalue weighted by Gasteiger charge is 2.46. The molecule has 1 fully saturated rings. The van der Waals surface area contributed by atoms with E-state index in [0.717, 1.165) is 10.8 Å². The third-order valence-electron chi connectivity index (χ3n) is 6.68. The van der Waals surface area contributed by atoms with Crippen LogP contribution in [0.4, 0.5) is 0 Å². The largest absolute Gasteiger partial charge is 0.507 e. The van der Waals surface area contributed by atoms with Crippen molar-refractivity contribution in [1.82, 2.24) is 4.90 Å². The summed E-state index contributed by atoms with van der Waals surface area (Å²) in [6.45, 7) is 0.292. The summed E-state index contributed by atoms with van der Waals surface area (Å²) in [5, 5.41) is 13.2. The van der Waals surface area contributed by atoms with Gasteiger partial charge < -0.3 is 24.2 Å². The van der Waals surface area contributed by atoms with Crippen LogP contribution in [0.2, 0.25) is 0 Å². The predicted molar refractivity (Wildman–Crippen MR) is 144 cm³/mol. The number of likely N-dealkylation sites (tertiary alicyclic amines) is 1. The summed E-state index contributed by atoms with van der Waals surface area (Å²) in [5.41, 5.74) is 1.21. The van der Waals surface area contributed by atoms with Gasteiger partial charge in [0.25, 0.3) is 11.7 Å². The standard InChI is InChI=1S/C31H27NO6/c1-36-22-12-10-21(11-13-22)28-27(29(33)26-9-5-7-20-6-3-4-8-25(20)26)30(34)31(35)32(28)18-19-38-24-16-14-23(37-2)15-17-24/h3-17,28,33H,18-19H2,1-2H3/b29-27-. The molecule has 0 bridgehead atoms. The second-order valence-electron chi connectivity index (χ2n) is 8.82. The molecule has 4 aromatic rings. The van der Waals surface area contributed by atoms with Crippen molar-refractivity contribution in [3.05, 3.63) is 108 Å². The van der Waals surface area contributed by atoms with Gasteiger partial charge in [-0.1, -0.05) is 54.6 Å². The molecule has 0 aliphatic carbocycles. The van der Waals surface area contributed by atoms with E-state index in [4.69, 9.17) is 14.2 Å². The molecule has 7 nitrogen and oxygen atoms in total.